The van der Waals surface area contributed by atoms with Gasteiger partial charge in [-0.15, -0.1) is 0 Å². The molecule has 0 unspecified atom stereocenters. The second-order valence-corrected chi connectivity index (χ2v) is 4.09. The molecule has 5 N–H and O–H groups in total. The van der Waals surface area contributed by atoms with E-state index in [9.17, 15) is 18.0 Å². The molecule has 2 aromatic carbocycles. The van der Waals surface area contributed by atoms with Crippen LogP contribution in [0, 0.1) is 17.5 Å². The Balaban J connectivity index is 2.30. The van der Waals surface area contributed by atoms with Crippen molar-refractivity contribution in [3.63, 3.8) is 0 Å². The van der Waals surface area contributed by atoms with Gasteiger partial charge >= 0.3 is 0 Å². The molecule has 0 aliphatic carbocycles. The first-order chi connectivity index (χ1) is 9.36. The summed E-state index contributed by atoms with van der Waals surface area (Å²) in [5.41, 5.74) is 11.1. The molecular formula is C13H10F3N3O. The highest BCUT2D eigenvalue weighted by molar-refractivity contribution is 6.05. The summed E-state index contributed by atoms with van der Waals surface area (Å²) >= 11 is 0. The molecule has 0 saturated carbocycles. The molecule has 20 heavy (non-hydrogen) atoms. The van der Waals surface area contributed by atoms with Crippen LogP contribution in [-0.4, -0.2) is 5.91 Å². The molecular weight excluding hydrogens is 271 g/mol. The standard InChI is InChI=1S/C13H10F3N3O/c14-9-4-11(16)12(5-10(9)15)19-13(20)6-1-7(17)3-8(18)2-6/h1-5H,17-18H2,(H,19,20). The topological polar surface area (TPSA) is 81.1 Å². The van der Waals surface area contributed by atoms with Crippen LogP contribution in [0.1, 0.15) is 10.4 Å². The van der Waals surface area contributed by atoms with Gasteiger partial charge in [0.05, 0.1) is 5.69 Å². The van der Waals surface area contributed by atoms with Crippen LogP contribution in [0.5, 0.6) is 0 Å². The van der Waals surface area contributed by atoms with Gasteiger partial charge in [-0.1, -0.05) is 0 Å². The summed E-state index contributed by atoms with van der Waals surface area (Å²) in [6.45, 7) is 0. The number of carbonyl (C=O) groups excluding carboxylic acids is 1. The Morgan fingerprint density at radius 3 is 2.00 bits per heavy atom. The Hall–Kier alpha value is -2.70. The van der Waals surface area contributed by atoms with Crippen molar-refractivity contribution in [3.8, 4) is 0 Å². The van der Waals surface area contributed by atoms with Crippen molar-refractivity contribution in [2.75, 3.05) is 16.8 Å². The predicted octanol–water partition coefficient (Wildman–Crippen LogP) is 2.52. The quantitative estimate of drug-likeness (QED) is 0.584. The lowest BCUT2D eigenvalue weighted by atomic mass is 10.1. The van der Waals surface area contributed by atoms with E-state index in [0.717, 1.165) is 0 Å². The zero-order valence-electron chi connectivity index (χ0n) is 10.1. The molecule has 0 bridgehead atoms. The number of hydrogen-bond donors (Lipinski definition) is 3. The molecule has 4 nitrogen and oxygen atoms in total. The lowest BCUT2D eigenvalue weighted by Crippen LogP contribution is -2.14. The zero-order valence-corrected chi connectivity index (χ0v) is 10.1. The molecule has 0 atom stereocenters. The monoisotopic (exact) mass is 281 g/mol. The minimum absolute atomic E-state index is 0.0756. The predicted molar refractivity (Wildman–Crippen MR) is 69.5 cm³/mol. The number of carbonyl (C=O) groups is 1. The molecule has 1 amide bonds. The molecule has 0 aliphatic rings. The van der Waals surface area contributed by atoms with Crippen molar-refractivity contribution in [1.29, 1.82) is 0 Å². The van der Waals surface area contributed by atoms with Crippen LogP contribution in [0.2, 0.25) is 0 Å². The largest absolute Gasteiger partial charge is 0.399 e. The molecule has 0 saturated heterocycles. The third kappa shape index (κ3) is 2.82. The molecule has 2 aromatic rings. The number of anilines is 3. The number of nitrogens with one attached hydrogen (secondary N) is 1. The summed E-state index contributed by atoms with van der Waals surface area (Å²) in [7, 11) is 0. The average molecular weight is 281 g/mol. The van der Waals surface area contributed by atoms with Gasteiger partial charge in [-0.2, -0.15) is 0 Å². The van der Waals surface area contributed by atoms with Gasteiger partial charge in [-0.3, -0.25) is 4.79 Å². The smallest absolute Gasteiger partial charge is 0.255 e. The summed E-state index contributed by atoms with van der Waals surface area (Å²) in [4.78, 5) is 11.9. The molecule has 0 aliphatic heterocycles. The van der Waals surface area contributed by atoms with Gasteiger partial charge in [-0.25, -0.2) is 13.2 Å². The van der Waals surface area contributed by atoms with Crippen molar-refractivity contribution >= 4 is 23.0 Å². The van der Waals surface area contributed by atoms with Gasteiger partial charge in [0.15, 0.2) is 11.6 Å². The lowest BCUT2D eigenvalue weighted by molar-refractivity contribution is 0.102. The molecule has 0 fully saturated rings. The van der Waals surface area contributed by atoms with E-state index in [-0.39, 0.29) is 16.9 Å². The minimum atomic E-state index is -1.34. The minimum Gasteiger partial charge on any atom is -0.399 e. The van der Waals surface area contributed by atoms with Crippen LogP contribution >= 0.6 is 0 Å². The Labute approximate surface area is 112 Å². The fourth-order valence-corrected chi connectivity index (χ4v) is 1.62. The molecule has 0 radical (unpaired) electrons. The van der Waals surface area contributed by atoms with E-state index in [2.05, 4.69) is 5.32 Å². The summed E-state index contributed by atoms with van der Waals surface area (Å²) in [6.07, 6.45) is 0. The zero-order chi connectivity index (χ0) is 14.9. The van der Waals surface area contributed by atoms with Crippen molar-refractivity contribution in [2.45, 2.75) is 0 Å². The van der Waals surface area contributed by atoms with Crippen molar-refractivity contribution in [1.82, 2.24) is 0 Å². The lowest BCUT2D eigenvalue weighted by Gasteiger charge is -2.08. The highest BCUT2D eigenvalue weighted by Crippen LogP contribution is 2.20. The number of nitrogen functional groups attached to an aromatic ring is 2. The normalized spacial score (nSPS) is 10.3. The maximum absolute atomic E-state index is 13.4. The van der Waals surface area contributed by atoms with Crippen LogP contribution in [0.4, 0.5) is 30.2 Å². The Bertz CT molecular complexity index is 669. The first kappa shape index (κ1) is 13.7. The Kier molecular flexibility index (Phi) is 3.51. The highest BCUT2D eigenvalue weighted by atomic mass is 19.2. The van der Waals surface area contributed by atoms with Gasteiger partial charge < -0.3 is 16.8 Å². The van der Waals surface area contributed by atoms with E-state index in [1.807, 2.05) is 0 Å². The second kappa shape index (κ2) is 5.12. The second-order valence-electron chi connectivity index (χ2n) is 4.09. The highest BCUT2D eigenvalue weighted by Gasteiger charge is 2.14. The molecule has 0 aromatic heterocycles. The summed E-state index contributed by atoms with van der Waals surface area (Å²) in [5, 5.41) is 2.12. The molecule has 0 heterocycles. The Morgan fingerprint density at radius 1 is 0.850 bits per heavy atom. The van der Waals surface area contributed by atoms with Gasteiger partial charge in [0, 0.05) is 29.1 Å². The fraction of sp³-hybridized carbons (Fsp3) is 0. The van der Waals surface area contributed by atoms with Gasteiger partial charge in [0.25, 0.3) is 5.91 Å². The molecule has 2 rings (SSSR count). The number of benzene rings is 2. The van der Waals surface area contributed by atoms with Gasteiger partial charge in [0.1, 0.15) is 5.82 Å². The Morgan fingerprint density at radius 2 is 1.40 bits per heavy atom. The van der Waals surface area contributed by atoms with Crippen LogP contribution in [0.25, 0.3) is 0 Å². The SMILES string of the molecule is Nc1cc(N)cc(C(=O)Nc2cc(F)c(F)cc2F)c1. The van der Waals surface area contributed by atoms with Crippen LogP contribution in [0.15, 0.2) is 30.3 Å². The van der Waals surface area contributed by atoms with E-state index in [4.69, 9.17) is 11.5 Å². The summed E-state index contributed by atoms with van der Waals surface area (Å²) < 4.78 is 39.2. The average Bonchev–Trinajstić information content (AvgIpc) is 2.34. The number of hydrogen-bond acceptors (Lipinski definition) is 3. The molecule has 7 heteroatoms. The first-order valence-corrected chi connectivity index (χ1v) is 5.49. The van der Waals surface area contributed by atoms with E-state index in [0.29, 0.717) is 12.1 Å². The van der Waals surface area contributed by atoms with E-state index < -0.39 is 29.0 Å². The van der Waals surface area contributed by atoms with Crippen LogP contribution in [-0.2, 0) is 0 Å². The summed E-state index contributed by atoms with van der Waals surface area (Å²) in [5.74, 6) is -4.44. The van der Waals surface area contributed by atoms with Crippen LogP contribution in [0.3, 0.4) is 0 Å². The number of amides is 1. The third-order valence-corrected chi connectivity index (χ3v) is 2.50. The first-order valence-electron chi connectivity index (χ1n) is 5.49. The number of nitrogens with two attached hydrogens (primary N) is 2. The number of rotatable bonds is 2. The van der Waals surface area contributed by atoms with Crippen molar-refractivity contribution in [3.05, 3.63) is 53.3 Å². The van der Waals surface area contributed by atoms with Gasteiger partial charge in [0.2, 0.25) is 0 Å². The maximum Gasteiger partial charge on any atom is 0.255 e. The fourth-order valence-electron chi connectivity index (χ4n) is 1.62. The van der Waals surface area contributed by atoms with Crippen LogP contribution < -0.4 is 16.8 Å². The van der Waals surface area contributed by atoms with E-state index in [1.54, 1.807) is 0 Å². The summed E-state index contributed by atoms with van der Waals surface area (Å²) in [6, 6.07) is 4.98. The third-order valence-electron chi connectivity index (χ3n) is 2.50. The van der Waals surface area contributed by atoms with Gasteiger partial charge in [-0.05, 0) is 18.2 Å². The molecule has 0 spiro atoms. The number of halogens is 3. The van der Waals surface area contributed by atoms with E-state index >= 15 is 0 Å². The van der Waals surface area contributed by atoms with Crippen molar-refractivity contribution < 1.29 is 18.0 Å². The van der Waals surface area contributed by atoms with E-state index in [1.165, 1.54) is 18.2 Å². The van der Waals surface area contributed by atoms with Crippen molar-refractivity contribution in [2.24, 2.45) is 0 Å². The molecule has 104 valence electrons. The maximum atomic E-state index is 13.4.